The minimum absolute atomic E-state index is 0.0414. The molecule has 2 N–H and O–H groups in total. The molecule has 0 saturated carbocycles. The molecule has 0 spiro atoms. The number of nitrogens with one attached hydrogen (secondary N) is 2. The first-order valence-electron chi connectivity index (χ1n) is 11.0. The summed E-state index contributed by atoms with van der Waals surface area (Å²) in [6.07, 6.45) is 1.13. The number of hydrogen-bond acceptors (Lipinski definition) is 3. The summed E-state index contributed by atoms with van der Waals surface area (Å²) in [6.45, 7) is 5.43. The summed E-state index contributed by atoms with van der Waals surface area (Å²) < 4.78 is 14.1. The fourth-order valence-electron chi connectivity index (χ4n) is 3.88. The molecule has 1 aliphatic heterocycles. The molecule has 0 unspecified atom stereocenters. The van der Waals surface area contributed by atoms with E-state index < -0.39 is 17.8 Å². The SMILES string of the molecule is CC(C)CNC(=O)[C@H](NC(=O)c1ccccc1F)C1CCN(C(=O)c2ccccc2)CC1. The summed E-state index contributed by atoms with van der Waals surface area (Å²) >= 11 is 0. The Morgan fingerprint density at radius 2 is 1.62 bits per heavy atom. The van der Waals surface area contributed by atoms with Crippen molar-refractivity contribution in [1.82, 2.24) is 15.5 Å². The fraction of sp³-hybridized carbons (Fsp3) is 0.400. The molecule has 0 radical (unpaired) electrons. The van der Waals surface area contributed by atoms with Crippen LogP contribution in [0.3, 0.4) is 0 Å². The lowest BCUT2D eigenvalue weighted by Gasteiger charge is -2.36. The molecule has 32 heavy (non-hydrogen) atoms. The van der Waals surface area contributed by atoms with Gasteiger partial charge in [0.2, 0.25) is 5.91 Å². The lowest BCUT2D eigenvalue weighted by molar-refractivity contribution is -0.124. The number of carbonyl (C=O) groups is 3. The van der Waals surface area contributed by atoms with Gasteiger partial charge in [0.05, 0.1) is 5.56 Å². The van der Waals surface area contributed by atoms with Crippen molar-refractivity contribution in [3.8, 4) is 0 Å². The van der Waals surface area contributed by atoms with Crippen molar-refractivity contribution in [2.24, 2.45) is 11.8 Å². The highest BCUT2D eigenvalue weighted by Gasteiger charge is 2.34. The largest absolute Gasteiger partial charge is 0.354 e. The van der Waals surface area contributed by atoms with Crippen LogP contribution in [0.15, 0.2) is 54.6 Å². The number of likely N-dealkylation sites (tertiary alicyclic amines) is 1. The Morgan fingerprint density at radius 1 is 1.00 bits per heavy atom. The molecular formula is C25H30FN3O3. The van der Waals surface area contributed by atoms with Gasteiger partial charge in [0.25, 0.3) is 11.8 Å². The molecule has 1 saturated heterocycles. The van der Waals surface area contributed by atoms with Gasteiger partial charge in [-0.05, 0) is 48.9 Å². The van der Waals surface area contributed by atoms with Gasteiger partial charge in [-0.25, -0.2) is 4.39 Å². The van der Waals surface area contributed by atoms with Gasteiger partial charge in [-0.3, -0.25) is 14.4 Å². The zero-order valence-corrected chi connectivity index (χ0v) is 18.5. The summed E-state index contributed by atoms with van der Waals surface area (Å²) in [5.41, 5.74) is 0.538. The number of halogens is 1. The Labute approximate surface area is 188 Å². The van der Waals surface area contributed by atoms with Crippen molar-refractivity contribution in [2.45, 2.75) is 32.7 Å². The number of nitrogens with zero attached hydrogens (tertiary/aromatic N) is 1. The molecule has 1 heterocycles. The summed E-state index contributed by atoms with van der Waals surface area (Å²) in [5.74, 6) is -1.47. The standard InChI is InChI=1S/C25H30FN3O3/c1-17(2)16-27-24(31)22(28-23(30)20-10-6-7-11-21(20)26)18-12-14-29(15-13-18)25(32)19-8-4-3-5-9-19/h3-11,17-18,22H,12-16H2,1-2H3,(H,27,31)(H,28,30)/t22-/m1/s1. The average molecular weight is 440 g/mol. The predicted molar refractivity (Wildman–Crippen MR) is 121 cm³/mol. The van der Waals surface area contributed by atoms with Gasteiger partial charge < -0.3 is 15.5 Å². The molecule has 2 aromatic rings. The van der Waals surface area contributed by atoms with Gasteiger partial charge >= 0.3 is 0 Å². The molecule has 1 aliphatic rings. The van der Waals surface area contributed by atoms with E-state index in [2.05, 4.69) is 10.6 Å². The second-order valence-electron chi connectivity index (χ2n) is 8.57. The van der Waals surface area contributed by atoms with Crippen molar-refractivity contribution in [2.75, 3.05) is 19.6 Å². The third-order valence-electron chi connectivity index (χ3n) is 5.69. The van der Waals surface area contributed by atoms with E-state index in [1.54, 1.807) is 23.1 Å². The minimum atomic E-state index is -0.796. The third-order valence-corrected chi connectivity index (χ3v) is 5.69. The van der Waals surface area contributed by atoms with E-state index in [9.17, 15) is 18.8 Å². The third kappa shape index (κ3) is 5.93. The van der Waals surface area contributed by atoms with Gasteiger partial charge in [0.1, 0.15) is 11.9 Å². The maximum Gasteiger partial charge on any atom is 0.254 e. The fourth-order valence-corrected chi connectivity index (χ4v) is 3.88. The van der Waals surface area contributed by atoms with Crippen molar-refractivity contribution in [3.05, 3.63) is 71.5 Å². The molecule has 1 atom stereocenters. The van der Waals surface area contributed by atoms with Crippen LogP contribution in [0.2, 0.25) is 0 Å². The molecule has 0 bridgehead atoms. The van der Waals surface area contributed by atoms with Crippen LogP contribution in [0, 0.1) is 17.7 Å². The van der Waals surface area contributed by atoms with Gasteiger partial charge in [-0.15, -0.1) is 0 Å². The van der Waals surface area contributed by atoms with Gasteiger partial charge in [-0.2, -0.15) is 0 Å². The molecule has 1 fully saturated rings. The first-order valence-corrected chi connectivity index (χ1v) is 11.0. The van der Waals surface area contributed by atoms with Gasteiger partial charge in [-0.1, -0.05) is 44.2 Å². The summed E-state index contributed by atoms with van der Waals surface area (Å²) in [4.78, 5) is 40.2. The van der Waals surface area contributed by atoms with E-state index >= 15 is 0 Å². The van der Waals surface area contributed by atoms with Crippen LogP contribution in [-0.2, 0) is 4.79 Å². The molecule has 0 aromatic heterocycles. The molecular weight excluding hydrogens is 409 g/mol. The number of rotatable bonds is 7. The summed E-state index contributed by atoms with van der Waals surface area (Å²) in [6, 6.07) is 14.0. The number of benzene rings is 2. The number of carbonyl (C=O) groups excluding carboxylic acids is 3. The van der Waals surface area contributed by atoms with Crippen LogP contribution in [0.4, 0.5) is 4.39 Å². The highest BCUT2D eigenvalue weighted by molar-refractivity contribution is 5.98. The van der Waals surface area contributed by atoms with E-state index in [1.165, 1.54) is 18.2 Å². The second kappa shape index (κ2) is 10.9. The van der Waals surface area contributed by atoms with E-state index in [-0.39, 0.29) is 29.2 Å². The lowest BCUT2D eigenvalue weighted by Crippen LogP contribution is -2.54. The van der Waals surface area contributed by atoms with Crippen molar-refractivity contribution < 1.29 is 18.8 Å². The molecule has 0 aliphatic carbocycles. The first-order chi connectivity index (χ1) is 15.4. The van der Waals surface area contributed by atoms with Gasteiger partial charge in [0, 0.05) is 25.2 Å². The van der Waals surface area contributed by atoms with Crippen molar-refractivity contribution in [3.63, 3.8) is 0 Å². The highest BCUT2D eigenvalue weighted by atomic mass is 19.1. The number of hydrogen-bond donors (Lipinski definition) is 2. The quantitative estimate of drug-likeness (QED) is 0.695. The molecule has 3 rings (SSSR count). The van der Waals surface area contributed by atoms with Crippen LogP contribution < -0.4 is 10.6 Å². The van der Waals surface area contributed by atoms with Crippen LogP contribution >= 0.6 is 0 Å². The molecule has 2 aromatic carbocycles. The van der Waals surface area contributed by atoms with E-state index in [1.807, 2.05) is 32.0 Å². The lowest BCUT2D eigenvalue weighted by atomic mass is 9.88. The zero-order chi connectivity index (χ0) is 23.1. The summed E-state index contributed by atoms with van der Waals surface area (Å²) in [5, 5.41) is 5.63. The molecule has 3 amide bonds. The zero-order valence-electron chi connectivity index (χ0n) is 18.5. The Kier molecular flexibility index (Phi) is 7.98. The van der Waals surface area contributed by atoms with Crippen LogP contribution in [0.5, 0.6) is 0 Å². The Hall–Kier alpha value is -3.22. The van der Waals surface area contributed by atoms with E-state index in [0.29, 0.717) is 38.0 Å². The van der Waals surface area contributed by atoms with E-state index in [4.69, 9.17) is 0 Å². The Balaban J connectivity index is 1.69. The van der Waals surface area contributed by atoms with E-state index in [0.717, 1.165) is 0 Å². The van der Waals surface area contributed by atoms with Crippen molar-refractivity contribution >= 4 is 17.7 Å². The summed E-state index contributed by atoms with van der Waals surface area (Å²) in [7, 11) is 0. The predicted octanol–water partition coefficient (Wildman–Crippen LogP) is 3.25. The smallest absolute Gasteiger partial charge is 0.254 e. The Bertz CT molecular complexity index is 940. The highest BCUT2D eigenvalue weighted by Crippen LogP contribution is 2.23. The van der Waals surface area contributed by atoms with Crippen LogP contribution in [-0.4, -0.2) is 48.3 Å². The second-order valence-corrected chi connectivity index (χ2v) is 8.57. The average Bonchev–Trinajstić information content (AvgIpc) is 2.81. The normalized spacial score (nSPS) is 15.3. The molecule has 170 valence electrons. The molecule has 6 nitrogen and oxygen atoms in total. The maximum absolute atomic E-state index is 14.1. The topological polar surface area (TPSA) is 78.5 Å². The van der Waals surface area contributed by atoms with Crippen molar-refractivity contribution in [1.29, 1.82) is 0 Å². The van der Waals surface area contributed by atoms with Crippen LogP contribution in [0.1, 0.15) is 47.4 Å². The number of piperidine rings is 1. The number of amides is 3. The first kappa shape index (κ1) is 23.4. The minimum Gasteiger partial charge on any atom is -0.354 e. The van der Waals surface area contributed by atoms with Crippen LogP contribution in [0.25, 0.3) is 0 Å². The monoisotopic (exact) mass is 439 g/mol. The molecule has 7 heteroatoms. The Morgan fingerprint density at radius 3 is 2.25 bits per heavy atom. The maximum atomic E-state index is 14.1. The van der Waals surface area contributed by atoms with Gasteiger partial charge in [0.15, 0.2) is 0 Å².